The Morgan fingerprint density at radius 1 is 1.17 bits per heavy atom. The zero-order chi connectivity index (χ0) is 16.5. The van der Waals surface area contributed by atoms with E-state index >= 15 is 0 Å². The van der Waals surface area contributed by atoms with Gasteiger partial charge in [0.15, 0.2) is 5.13 Å². The van der Waals surface area contributed by atoms with Crippen molar-refractivity contribution in [3.8, 4) is 11.3 Å². The molecule has 0 bridgehead atoms. The van der Waals surface area contributed by atoms with Crippen LogP contribution in [-0.2, 0) is 6.54 Å². The fraction of sp³-hybridized carbons (Fsp3) is 0.133. The summed E-state index contributed by atoms with van der Waals surface area (Å²) in [6, 6.07) is 7.63. The van der Waals surface area contributed by atoms with Crippen molar-refractivity contribution >= 4 is 49.5 Å². The zero-order valence-electron chi connectivity index (χ0n) is 12.7. The van der Waals surface area contributed by atoms with E-state index in [1.807, 2.05) is 42.9 Å². The van der Waals surface area contributed by atoms with Crippen LogP contribution in [0.3, 0.4) is 0 Å². The summed E-state index contributed by atoms with van der Waals surface area (Å²) in [5.41, 5.74) is 2.89. The van der Waals surface area contributed by atoms with Crippen molar-refractivity contribution in [1.82, 2.24) is 19.6 Å². The molecule has 0 atom stereocenters. The molecule has 0 aliphatic rings. The average molecular weight is 377 g/mol. The maximum Gasteiger partial charge on any atom is 0.214 e. The third-order valence-electron chi connectivity index (χ3n) is 3.37. The van der Waals surface area contributed by atoms with Gasteiger partial charge in [-0.05, 0) is 12.1 Å². The molecule has 1 aromatic carbocycles. The largest absolute Gasteiger partial charge is 0.365 e. The Bertz CT molecular complexity index is 940. The van der Waals surface area contributed by atoms with Crippen LogP contribution >= 0.6 is 34.3 Å². The minimum atomic E-state index is 0.638. The van der Waals surface area contributed by atoms with Crippen LogP contribution in [0.5, 0.6) is 0 Å². The number of hydrogen-bond acceptors (Lipinski definition) is 7. The van der Waals surface area contributed by atoms with Gasteiger partial charge in [-0.15, -0.1) is 16.4 Å². The molecule has 122 valence electrons. The Balaban J connectivity index is 1.50. The van der Waals surface area contributed by atoms with Gasteiger partial charge >= 0.3 is 0 Å². The lowest BCUT2D eigenvalue weighted by atomic mass is 10.2. The van der Waals surface area contributed by atoms with E-state index in [2.05, 4.69) is 25.7 Å². The number of fused-ring (bicyclic) bond motifs is 1. The second kappa shape index (κ2) is 6.39. The van der Waals surface area contributed by atoms with E-state index in [0.29, 0.717) is 11.6 Å². The van der Waals surface area contributed by atoms with Crippen molar-refractivity contribution < 1.29 is 0 Å². The maximum absolute atomic E-state index is 5.92. The summed E-state index contributed by atoms with van der Waals surface area (Å²) in [7, 11) is 1.87. The van der Waals surface area contributed by atoms with Gasteiger partial charge in [0.2, 0.25) is 10.1 Å². The first-order valence-electron chi connectivity index (χ1n) is 7.19. The number of rotatable bonds is 5. The normalized spacial score (nSPS) is 11.1. The predicted octanol–water partition coefficient (Wildman–Crippen LogP) is 4.22. The van der Waals surface area contributed by atoms with Crippen LogP contribution in [0.15, 0.2) is 35.8 Å². The monoisotopic (exact) mass is 376 g/mol. The average Bonchev–Trinajstić information content (AvgIpc) is 3.27. The number of imidazole rings is 1. The summed E-state index contributed by atoms with van der Waals surface area (Å²) >= 11 is 9.02. The Kier molecular flexibility index (Phi) is 4.09. The fourth-order valence-corrected chi connectivity index (χ4v) is 3.78. The number of benzene rings is 1. The van der Waals surface area contributed by atoms with Crippen LogP contribution < -0.4 is 10.6 Å². The molecule has 0 unspecified atom stereocenters. The lowest BCUT2D eigenvalue weighted by molar-refractivity contribution is 0.956. The SMILES string of the molecule is CNc1nc(CNc2nn3cc(-c4ccc(Cl)cc4)nc3s2)cs1. The van der Waals surface area contributed by atoms with E-state index in [-0.39, 0.29) is 0 Å². The molecule has 3 aromatic heterocycles. The molecule has 0 fully saturated rings. The minimum absolute atomic E-state index is 0.638. The molecule has 2 N–H and O–H groups in total. The van der Waals surface area contributed by atoms with E-state index in [9.17, 15) is 0 Å². The smallest absolute Gasteiger partial charge is 0.214 e. The summed E-state index contributed by atoms with van der Waals surface area (Å²) in [5.74, 6) is 0. The highest BCUT2D eigenvalue weighted by Gasteiger charge is 2.10. The van der Waals surface area contributed by atoms with Gasteiger partial charge in [0.05, 0.1) is 24.1 Å². The van der Waals surface area contributed by atoms with Gasteiger partial charge < -0.3 is 10.6 Å². The van der Waals surface area contributed by atoms with Crippen LogP contribution in [0, 0.1) is 0 Å². The molecule has 0 saturated heterocycles. The number of aromatic nitrogens is 4. The number of nitrogens with one attached hydrogen (secondary N) is 2. The van der Waals surface area contributed by atoms with Gasteiger partial charge in [-0.3, -0.25) is 0 Å². The molecule has 24 heavy (non-hydrogen) atoms. The summed E-state index contributed by atoms with van der Waals surface area (Å²) in [5, 5.41) is 15.3. The Labute approximate surface area is 151 Å². The van der Waals surface area contributed by atoms with E-state index in [1.165, 1.54) is 11.3 Å². The molecule has 0 aliphatic carbocycles. The number of nitrogens with zero attached hydrogens (tertiary/aromatic N) is 4. The second-order valence-corrected chi connectivity index (χ2v) is 7.27. The minimum Gasteiger partial charge on any atom is -0.365 e. The van der Waals surface area contributed by atoms with E-state index in [0.717, 1.165) is 32.2 Å². The molecule has 0 amide bonds. The first kappa shape index (κ1) is 15.4. The molecule has 0 saturated carbocycles. The highest BCUT2D eigenvalue weighted by molar-refractivity contribution is 7.20. The van der Waals surface area contributed by atoms with Crippen molar-refractivity contribution in [3.63, 3.8) is 0 Å². The topological polar surface area (TPSA) is 67.1 Å². The molecular formula is C15H13ClN6S2. The first-order valence-corrected chi connectivity index (χ1v) is 9.27. The quantitative estimate of drug-likeness (QED) is 0.545. The molecule has 4 rings (SSSR count). The zero-order valence-corrected chi connectivity index (χ0v) is 15.0. The number of thiazole rings is 1. The lowest BCUT2D eigenvalue weighted by Crippen LogP contribution is -2.00. The molecular weight excluding hydrogens is 364 g/mol. The second-order valence-electron chi connectivity index (χ2n) is 5.01. The van der Waals surface area contributed by atoms with Gasteiger partial charge in [-0.25, -0.2) is 14.5 Å². The molecule has 9 heteroatoms. The number of anilines is 2. The third kappa shape index (κ3) is 3.08. The molecule has 0 radical (unpaired) electrons. The molecule has 4 aromatic rings. The summed E-state index contributed by atoms with van der Waals surface area (Å²) in [6.07, 6.45) is 1.92. The van der Waals surface area contributed by atoms with E-state index < -0.39 is 0 Å². The van der Waals surface area contributed by atoms with Crippen molar-refractivity contribution in [2.75, 3.05) is 17.7 Å². The van der Waals surface area contributed by atoms with Crippen LogP contribution in [0.1, 0.15) is 5.69 Å². The molecule has 6 nitrogen and oxygen atoms in total. The summed E-state index contributed by atoms with van der Waals surface area (Å²) in [4.78, 5) is 9.90. The van der Waals surface area contributed by atoms with Crippen molar-refractivity contribution in [3.05, 3.63) is 46.6 Å². The van der Waals surface area contributed by atoms with Gasteiger partial charge in [-0.1, -0.05) is 35.1 Å². The van der Waals surface area contributed by atoms with Gasteiger partial charge in [0, 0.05) is 23.0 Å². The Hall–Kier alpha value is -2.16. The highest BCUT2D eigenvalue weighted by atomic mass is 35.5. The Morgan fingerprint density at radius 3 is 2.71 bits per heavy atom. The van der Waals surface area contributed by atoms with Crippen molar-refractivity contribution in [2.24, 2.45) is 0 Å². The summed E-state index contributed by atoms with van der Waals surface area (Å²) in [6.45, 7) is 0.638. The van der Waals surface area contributed by atoms with Crippen LogP contribution in [0.25, 0.3) is 16.2 Å². The van der Waals surface area contributed by atoms with Gasteiger partial charge in [0.1, 0.15) is 0 Å². The molecule has 3 heterocycles. The van der Waals surface area contributed by atoms with Crippen LogP contribution in [0.4, 0.5) is 10.3 Å². The predicted molar refractivity (Wildman–Crippen MR) is 100 cm³/mol. The van der Waals surface area contributed by atoms with Crippen molar-refractivity contribution in [2.45, 2.75) is 6.54 Å². The summed E-state index contributed by atoms with van der Waals surface area (Å²) < 4.78 is 1.79. The molecule has 0 spiro atoms. The fourth-order valence-electron chi connectivity index (χ4n) is 2.20. The van der Waals surface area contributed by atoms with Crippen LogP contribution in [-0.4, -0.2) is 26.6 Å². The third-order valence-corrected chi connectivity index (χ3v) is 5.41. The van der Waals surface area contributed by atoms with Gasteiger partial charge in [0.25, 0.3) is 0 Å². The lowest BCUT2D eigenvalue weighted by Gasteiger charge is -1.98. The van der Waals surface area contributed by atoms with Crippen molar-refractivity contribution in [1.29, 1.82) is 0 Å². The van der Waals surface area contributed by atoms with Crippen LogP contribution in [0.2, 0.25) is 5.02 Å². The highest BCUT2D eigenvalue weighted by Crippen LogP contribution is 2.26. The van der Waals surface area contributed by atoms with Gasteiger partial charge in [-0.2, -0.15) is 0 Å². The standard InChI is InChI=1S/C15H13ClN6S2/c1-17-13-19-11(8-23-13)6-18-14-21-22-7-12(20-15(22)24-14)9-2-4-10(16)5-3-9/h2-5,7-8H,6H2,1H3,(H,17,19)(H,18,21). The first-order chi connectivity index (χ1) is 11.7. The number of hydrogen-bond donors (Lipinski definition) is 2. The molecule has 0 aliphatic heterocycles. The maximum atomic E-state index is 5.92. The Morgan fingerprint density at radius 2 is 2.00 bits per heavy atom. The number of halogens is 1. The van der Waals surface area contributed by atoms with E-state index in [4.69, 9.17) is 11.6 Å². The van der Waals surface area contributed by atoms with E-state index in [1.54, 1.807) is 15.9 Å².